The summed E-state index contributed by atoms with van der Waals surface area (Å²) in [6.45, 7) is 5.20. The Morgan fingerprint density at radius 1 is 1.29 bits per heavy atom. The highest BCUT2D eigenvalue weighted by molar-refractivity contribution is 7.07. The molecule has 5 rings (SSSR count). The molecule has 0 aliphatic carbocycles. The van der Waals surface area contributed by atoms with E-state index in [4.69, 9.17) is 14.1 Å². The number of Topliss-reactive ketones (excluding diaryl/α,β-unsaturated/α-hetero) is 1. The number of furan rings is 1. The molecule has 0 fully saturated rings. The van der Waals surface area contributed by atoms with Gasteiger partial charge in [-0.3, -0.25) is 14.2 Å². The third-order valence-corrected chi connectivity index (χ3v) is 6.34. The van der Waals surface area contributed by atoms with E-state index in [2.05, 4.69) is 0 Å². The van der Waals surface area contributed by atoms with Crippen molar-refractivity contribution in [1.29, 1.82) is 0 Å². The molecule has 2 aromatic heterocycles. The predicted molar refractivity (Wildman–Crippen MR) is 104 cm³/mol. The lowest BCUT2D eigenvalue weighted by molar-refractivity contribution is -0.132. The minimum absolute atomic E-state index is 0.0540. The molecule has 2 aliphatic rings. The molecule has 0 saturated heterocycles. The number of nitrogens with zero attached hydrogens (tertiary/aromatic N) is 2. The molecule has 0 radical (unpaired) electrons. The van der Waals surface area contributed by atoms with E-state index in [-0.39, 0.29) is 11.3 Å². The zero-order valence-electron chi connectivity index (χ0n) is 15.6. The van der Waals surface area contributed by atoms with Gasteiger partial charge in [-0.1, -0.05) is 29.5 Å². The molecule has 3 aromatic rings. The summed E-state index contributed by atoms with van der Waals surface area (Å²) in [7, 11) is 0. The number of ketones is 1. The second kappa shape index (κ2) is 5.78. The van der Waals surface area contributed by atoms with Crippen LogP contribution in [0.2, 0.25) is 0 Å². The van der Waals surface area contributed by atoms with Crippen molar-refractivity contribution >= 4 is 23.2 Å². The first-order chi connectivity index (χ1) is 13.4. The topological polar surface area (TPSA) is 73.8 Å². The Labute approximate surface area is 164 Å². The number of benzene rings is 1. The van der Waals surface area contributed by atoms with Crippen molar-refractivity contribution in [3.05, 3.63) is 73.2 Å². The van der Waals surface area contributed by atoms with Crippen LogP contribution in [0.15, 0.2) is 50.6 Å². The minimum Gasteiger partial charge on any atom is -0.465 e. The Morgan fingerprint density at radius 2 is 2.07 bits per heavy atom. The molecule has 4 heterocycles. The van der Waals surface area contributed by atoms with Crippen LogP contribution in [-0.4, -0.2) is 16.1 Å². The van der Waals surface area contributed by atoms with Crippen LogP contribution in [0.25, 0.3) is 6.08 Å². The van der Waals surface area contributed by atoms with Crippen molar-refractivity contribution in [2.75, 3.05) is 0 Å². The highest BCUT2D eigenvalue weighted by atomic mass is 32.1. The maximum absolute atomic E-state index is 13.3. The van der Waals surface area contributed by atoms with Crippen molar-refractivity contribution in [1.82, 2.24) is 4.57 Å². The lowest BCUT2D eigenvalue weighted by atomic mass is 9.79. The summed E-state index contributed by atoms with van der Waals surface area (Å²) in [5, 5.41) is 0. The normalized spacial score (nSPS) is 25.5. The van der Waals surface area contributed by atoms with Gasteiger partial charge >= 0.3 is 0 Å². The molecular weight excluding hydrogens is 376 g/mol. The summed E-state index contributed by atoms with van der Waals surface area (Å²) < 4.78 is 13.9. The quantitative estimate of drug-likeness (QED) is 0.668. The molecule has 2 unspecified atom stereocenters. The van der Waals surface area contributed by atoms with Gasteiger partial charge in [-0.05, 0) is 39.0 Å². The van der Waals surface area contributed by atoms with E-state index in [0.717, 1.165) is 11.3 Å². The molecule has 3 atom stereocenters. The van der Waals surface area contributed by atoms with Crippen molar-refractivity contribution in [3.63, 3.8) is 0 Å². The summed E-state index contributed by atoms with van der Waals surface area (Å²) >= 11 is 1.29. The summed E-state index contributed by atoms with van der Waals surface area (Å²) in [5.41, 5.74) is -0.384. The number of hydrogen-bond donors (Lipinski definition) is 0. The molecule has 7 heteroatoms. The molecule has 6 nitrogen and oxygen atoms in total. The lowest BCUT2D eigenvalue weighted by Gasteiger charge is -2.45. The first-order valence-corrected chi connectivity index (χ1v) is 9.87. The van der Waals surface area contributed by atoms with E-state index >= 15 is 0 Å². The fourth-order valence-corrected chi connectivity index (χ4v) is 5.30. The Bertz CT molecular complexity index is 1300. The van der Waals surface area contributed by atoms with Gasteiger partial charge in [0.25, 0.3) is 5.56 Å². The van der Waals surface area contributed by atoms with Crippen LogP contribution >= 0.6 is 11.3 Å². The van der Waals surface area contributed by atoms with Crippen molar-refractivity contribution < 1.29 is 13.9 Å². The molecule has 2 aliphatic heterocycles. The first kappa shape index (κ1) is 17.2. The monoisotopic (exact) mass is 394 g/mol. The number of ether oxygens (including phenoxy) is 1. The van der Waals surface area contributed by atoms with Gasteiger partial charge in [-0.25, -0.2) is 4.99 Å². The van der Waals surface area contributed by atoms with Gasteiger partial charge in [0.1, 0.15) is 29.0 Å². The third kappa shape index (κ3) is 2.36. The van der Waals surface area contributed by atoms with Crippen LogP contribution in [0.5, 0.6) is 5.75 Å². The van der Waals surface area contributed by atoms with Gasteiger partial charge < -0.3 is 9.15 Å². The molecule has 0 amide bonds. The van der Waals surface area contributed by atoms with Crippen LogP contribution in [0.1, 0.15) is 37.0 Å². The number of rotatable bonds is 2. The second-order valence-corrected chi connectivity index (χ2v) is 8.37. The van der Waals surface area contributed by atoms with E-state index < -0.39 is 17.7 Å². The fraction of sp³-hybridized carbons (Fsp3) is 0.286. The van der Waals surface area contributed by atoms with E-state index in [1.165, 1.54) is 18.3 Å². The molecule has 142 valence electrons. The maximum Gasteiger partial charge on any atom is 0.271 e. The smallest absolute Gasteiger partial charge is 0.271 e. The van der Waals surface area contributed by atoms with Gasteiger partial charge in [0.05, 0.1) is 10.6 Å². The largest absolute Gasteiger partial charge is 0.465 e. The minimum atomic E-state index is -1.04. The van der Waals surface area contributed by atoms with Crippen LogP contribution in [0, 0.1) is 12.8 Å². The standard InChI is InChI=1S/C21H18N2O4S/c1-11-8-9-13(26-11)10-16-19(25)23-18-14-6-4-5-7-15(14)27-21(3,17(18)12(2)24)22-20(23)28-16/h4-10,17-18H,1-3H3/b16-10-/t17?,18?,21-/m1/s1. The molecule has 0 N–H and O–H groups in total. The molecule has 2 bridgehead atoms. The van der Waals surface area contributed by atoms with E-state index in [1.807, 2.05) is 50.2 Å². The summed E-state index contributed by atoms with van der Waals surface area (Å²) in [4.78, 5) is 31.1. The second-order valence-electron chi connectivity index (χ2n) is 7.36. The fourth-order valence-electron chi connectivity index (χ4n) is 4.22. The Hall–Kier alpha value is -2.93. The third-order valence-electron chi connectivity index (χ3n) is 5.35. The van der Waals surface area contributed by atoms with Crippen molar-refractivity contribution in [2.45, 2.75) is 32.5 Å². The van der Waals surface area contributed by atoms with Gasteiger partial charge in [-0.15, -0.1) is 0 Å². The van der Waals surface area contributed by atoms with E-state index in [9.17, 15) is 9.59 Å². The average molecular weight is 394 g/mol. The van der Waals surface area contributed by atoms with Gasteiger partial charge in [0, 0.05) is 11.6 Å². The Balaban J connectivity index is 1.82. The van der Waals surface area contributed by atoms with E-state index in [0.29, 0.717) is 20.8 Å². The highest BCUT2D eigenvalue weighted by Gasteiger charge is 2.53. The molecule has 0 saturated carbocycles. The summed E-state index contributed by atoms with van der Waals surface area (Å²) in [5.74, 6) is 1.43. The number of fused-ring (bicyclic) bond motifs is 6. The SMILES string of the molecule is CC(=O)C1C2c3ccccc3O[C@@]1(C)N=c1s/c(=C\c3ccc(C)o3)c(=O)n12. The summed E-state index contributed by atoms with van der Waals surface area (Å²) in [6, 6.07) is 10.8. The molecule has 28 heavy (non-hydrogen) atoms. The molecule has 1 aromatic carbocycles. The zero-order valence-corrected chi connectivity index (χ0v) is 16.4. The number of para-hydroxylation sites is 1. The maximum atomic E-state index is 13.3. The lowest BCUT2D eigenvalue weighted by Crippen LogP contribution is -2.58. The van der Waals surface area contributed by atoms with Crippen LogP contribution in [-0.2, 0) is 4.79 Å². The number of carbonyl (C=O) groups excluding carboxylic acids is 1. The number of hydrogen-bond acceptors (Lipinski definition) is 6. The van der Waals surface area contributed by atoms with Gasteiger partial charge in [-0.2, -0.15) is 0 Å². The van der Waals surface area contributed by atoms with Crippen LogP contribution in [0.3, 0.4) is 0 Å². The molecule has 0 spiro atoms. The van der Waals surface area contributed by atoms with Crippen molar-refractivity contribution in [3.8, 4) is 5.75 Å². The predicted octanol–water partition coefficient (Wildman–Crippen LogP) is 2.18. The Morgan fingerprint density at radius 3 is 2.79 bits per heavy atom. The number of thiazole rings is 1. The first-order valence-electron chi connectivity index (χ1n) is 9.05. The van der Waals surface area contributed by atoms with Crippen LogP contribution < -0.4 is 19.6 Å². The van der Waals surface area contributed by atoms with Gasteiger partial charge in [0.2, 0.25) is 5.72 Å². The van der Waals surface area contributed by atoms with E-state index in [1.54, 1.807) is 10.6 Å². The average Bonchev–Trinajstić information content (AvgIpc) is 3.16. The highest BCUT2D eigenvalue weighted by Crippen LogP contribution is 2.47. The number of aryl methyl sites for hydroxylation is 1. The molecular formula is C21H18N2O4S. The summed E-state index contributed by atoms with van der Waals surface area (Å²) in [6.07, 6.45) is 1.72. The zero-order chi connectivity index (χ0) is 19.6. The van der Waals surface area contributed by atoms with Gasteiger partial charge in [0.15, 0.2) is 4.80 Å². The Kier molecular flexibility index (Phi) is 3.55. The van der Waals surface area contributed by atoms with Crippen molar-refractivity contribution in [2.24, 2.45) is 10.9 Å². The number of carbonyl (C=O) groups is 1. The van der Waals surface area contributed by atoms with Crippen LogP contribution in [0.4, 0.5) is 0 Å². The number of aromatic nitrogens is 1.